The molecule has 3 rings (SSSR count). The Bertz CT molecular complexity index is 693. The number of anilines is 1. The van der Waals surface area contributed by atoms with Crippen LogP contribution >= 0.6 is 0 Å². The molecule has 4 nitrogen and oxygen atoms in total. The smallest absolute Gasteiger partial charge is 0.231 e. The van der Waals surface area contributed by atoms with Crippen molar-refractivity contribution in [3.63, 3.8) is 0 Å². The quantitative estimate of drug-likeness (QED) is 0.850. The third-order valence-corrected chi connectivity index (χ3v) is 3.95. The van der Waals surface area contributed by atoms with E-state index in [4.69, 9.17) is 0 Å². The van der Waals surface area contributed by atoms with Gasteiger partial charge in [0.2, 0.25) is 5.91 Å². The minimum absolute atomic E-state index is 0.00218. The molecule has 0 aliphatic carbocycles. The average molecular weight is 287 g/mol. The SMILES string of the molecule is Cc1nn(C)cc1CC(=O)N1CCCc2c(F)cccc21. The molecule has 0 saturated carbocycles. The molecule has 0 radical (unpaired) electrons. The van der Waals surface area contributed by atoms with Gasteiger partial charge >= 0.3 is 0 Å². The Morgan fingerprint density at radius 3 is 2.95 bits per heavy atom. The van der Waals surface area contributed by atoms with Crippen LogP contribution in [0, 0.1) is 12.7 Å². The third kappa shape index (κ3) is 2.55. The van der Waals surface area contributed by atoms with Crippen LogP contribution in [0.5, 0.6) is 0 Å². The highest BCUT2D eigenvalue weighted by atomic mass is 19.1. The normalized spacial score (nSPS) is 14.1. The fourth-order valence-corrected chi connectivity index (χ4v) is 2.92. The molecule has 1 aliphatic rings. The first-order chi connectivity index (χ1) is 10.1. The molecule has 110 valence electrons. The zero-order valence-corrected chi connectivity index (χ0v) is 12.3. The van der Waals surface area contributed by atoms with Gasteiger partial charge in [0.25, 0.3) is 0 Å². The Morgan fingerprint density at radius 2 is 2.24 bits per heavy atom. The second-order valence-corrected chi connectivity index (χ2v) is 5.48. The van der Waals surface area contributed by atoms with Crippen molar-refractivity contribution in [2.45, 2.75) is 26.2 Å². The fraction of sp³-hybridized carbons (Fsp3) is 0.375. The summed E-state index contributed by atoms with van der Waals surface area (Å²) in [5, 5.41) is 4.25. The van der Waals surface area contributed by atoms with E-state index < -0.39 is 0 Å². The van der Waals surface area contributed by atoms with Crippen LogP contribution in [0.2, 0.25) is 0 Å². The van der Waals surface area contributed by atoms with Gasteiger partial charge in [0, 0.05) is 36.6 Å². The summed E-state index contributed by atoms with van der Waals surface area (Å²) in [6.07, 6.45) is 3.66. The summed E-state index contributed by atoms with van der Waals surface area (Å²) in [5.74, 6) is -0.222. The molecule has 1 aliphatic heterocycles. The van der Waals surface area contributed by atoms with Gasteiger partial charge in [-0.15, -0.1) is 0 Å². The van der Waals surface area contributed by atoms with Crippen molar-refractivity contribution in [2.75, 3.05) is 11.4 Å². The molecule has 1 aromatic carbocycles. The lowest BCUT2D eigenvalue weighted by Gasteiger charge is -2.29. The van der Waals surface area contributed by atoms with E-state index >= 15 is 0 Å². The van der Waals surface area contributed by atoms with Crippen LogP contribution in [0.3, 0.4) is 0 Å². The number of fused-ring (bicyclic) bond motifs is 1. The van der Waals surface area contributed by atoms with Crippen LogP contribution in [0.25, 0.3) is 0 Å². The van der Waals surface area contributed by atoms with E-state index in [0.29, 0.717) is 30.6 Å². The predicted molar refractivity (Wildman–Crippen MR) is 78.7 cm³/mol. The lowest BCUT2D eigenvalue weighted by Crippen LogP contribution is -2.36. The largest absolute Gasteiger partial charge is 0.312 e. The first-order valence-corrected chi connectivity index (χ1v) is 7.13. The van der Waals surface area contributed by atoms with Crippen molar-refractivity contribution in [3.8, 4) is 0 Å². The molecule has 1 aromatic heterocycles. The second-order valence-electron chi connectivity index (χ2n) is 5.48. The monoisotopic (exact) mass is 287 g/mol. The molecular weight excluding hydrogens is 269 g/mol. The zero-order chi connectivity index (χ0) is 15.0. The highest BCUT2D eigenvalue weighted by Crippen LogP contribution is 2.29. The lowest BCUT2D eigenvalue weighted by atomic mass is 10.0. The van der Waals surface area contributed by atoms with Crippen LogP contribution in [0.4, 0.5) is 10.1 Å². The van der Waals surface area contributed by atoms with Crippen LogP contribution in [0.15, 0.2) is 24.4 Å². The van der Waals surface area contributed by atoms with E-state index in [0.717, 1.165) is 17.7 Å². The Balaban J connectivity index is 1.87. The maximum absolute atomic E-state index is 13.9. The van der Waals surface area contributed by atoms with Gasteiger partial charge in [-0.1, -0.05) is 6.07 Å². The summed E-state index contributed by atoms with van der Waals surface area (Å²) >= 11 is 0. The maximum Gasteiger partial charge on any atom is 0.231 e. The molecule has 0 bridgehead atoms. The van der Waals surface area contributed by atoms with Gasteiger partial charge in [0.15, 0.2) is 0 Å². The van der Waals surface area contributed by atoms with Gasteiger partial charge in [-0.2, -0.15) is 5.10 Å². The number of halogens is 1. The molecule has 21 heavy (non-hydrogen) atoms. The Hall–Kier alpha value is -2.17. The number of amides is 1. The van der Waals surface area contributed by atoms with Gasteiger partial charge in [-0.3, -0.25) is 9.48 Å². The van der Waals surface area contributed by atoms with Crippen molar-refractivity contribution in [1.82, 2.24) is 9.78 Å². The average Bonchev–Trinajstić information content (AvgIpc) is 2.76. The summed E-state index contributed by atoms with van der Waals surface area (Å²) < 4.78 is 15.6. The molecule has 5 heteroatoms. The topological polar surface area (TPSA) is 38.1 Å². The second kappa shape index (κ2) is 5.31. The highest BCUT2D eigenvalue weighted by molar-refractivity contribution is 5.96. The number of hydrogen-bond donors (Lipinski definition) is 0. The third-order valence-electron chi connectivity index (χ3n) is 3.95. The van der Waals surface area contributed by atoms with Crippen molar-refractivity contribution in [1.29, 1.82) is 0 Å². The molecule has 0 atom stereocenters. The Labute approximate surface area is 123 Å². The fourth-order valence-electron chi connectivity index (χ4n) is 2.92. The maximum atomic E-state index is 13.9. The van der Waals surface area contributed by atoms with Crippen LogP contribution < -0.4 is 4.90 Å². The molecule has 2 aromatic rings. The number of aryl methyl sites for hydroxylation is 2. The molecule has 0 saturated heterocycles. The zero-order valence-electron chi connectivity index (χ0n) is 12.3. The molecule has 0 N–H and O–H groups in total. The molecule has 0 fully saturated rings. The molecule has 2 heterocycles. The number of carbonyl (C=O) groups excluding carboxylic acids is 1. The van der Waals surface area contributed by atoms with Gasteiger partial charge in [0.1, 0.15) is 5.82 Å². The predicted octanol–water partition coefficient (Wildman–Crippen LogP) is 2.39. The van der Waals surface area contributed by atoms with E-state index in [1.54, 1.807) is 15.6 Å². The molecule has 0 unspecified atom stereocenters. The summed E-state index contributed by atoms with van der Waals surface area (Å²) in [4.78, 5) is 14.3. The van der Waals surface area contributed by atoms with E-state index in [1.807, 2.05) is 26.2 Å². The van der Waals surface area contributed by atoms with Gasteiger partial charge < -0.3 is 4.90 Å². The van der Waals surface area contributed by atoms with Crippen molar-refractivity contribution < 1.29 is 9.18 Å². The van der Waals surface area contributed by atoms with Crippen LogP contribution in [-0.2, 0) is 24.7 Å². The van der Waals surface area contributed by atoms with E-state index in [1.165, 1.54) is 6.07 Å². The molecule has 1 amide bonds. The summed E-state index contributed by atoms with van der Waals surface area (Å²) in [5.41, 5.74) is 3.15. The summed E-state index contributed by atoms with van der Waals surface area (Å²) in [6.45, 7) is 2.54. The minimum atomic E-state index is -0.220. The number of hydrogen-bond acceptors (Lipinski definition) is 2. The van der Waals surface area contributed by atoms with Crippen LogP contribution in [0.1, 0.15) is 23.2 Å². The van der Waals surface area contributed by atoms with E-state index in [2.05, 4.69) is 5.10 Å². The van der Waals surface area contributed by atoms with Crippen molar-refractivity contribution in [2.24, 2.45) is 7.05 Å². The Kier molecular flexibility index (Phi) is 3.49. The van der Waals surface area contributed by atoms with Gasteiger partial charge in [0.05, 0.1) is 12.1 Å². The Morgan fingerprint density at radius 1 is 1.43 bits per heavy atom. The number of aromatic nitrogens is 2. The standard InChI is InChI=1S/C16H18FN3O/c1-11-12(10-19(2)18-11)9-16(21)20-8-4-5-13-14(17)6-3-7-15(13)20/h3,6-7,10H,4-5,8-9H2,1-2H3. The summed E-state index contributed by atoms with van der Waals surface area (Å²) in [7, 11) is 1.84. The molecule has 0 spiro atoms. The van der Waals surface area contributed by atoms with Crippen molar-refractivity contribution in [3.05, 3.63) is 47.0 Å². The molecular formula is C16H18FN3O. The summed E-state index contributed by atoms with van der Waals surface area (Å²) in [6, 6.07) is 4.94. The van der Waals surface area contributed by atoms with Crippen molar-refractivity contribution >= 4 is 11.6 Å². The number of carbonyl (C=O) groups is 1. The first-order valence-electron chi connectivity index (χ1n) is 7.13. The van der Waals surface area contributed by atoms with E-state index in [9.17, 15) is 9.18 Å². The van der Waals surface area contributed by atoms with Gasteiger partial charge in [-0.05, 0) is 31.9 Å². The first kappa shape index (κ1) is 13.8. The minimum Gasteiger partial charge on any atom is -0.312 e. The van der Waals surface area contributed by atoms with E-state index in [-0.39, 0.29) is 11.7 Å². The van der Waals surface area contributed by atoms with Crippen LogP contribution in [-0.4, -0.2) is 22.2 Å². The number of nitrogens with zero attached hydrogens (tertiary/aromatic N) is 3. The number of rotatable bonds is 2. The number of benzene rings is 1. The van der Waals surface area contributed by atoms with Gasteiger partial charge in [-0.25, -0.2) is 4.39 Å². The lowest BCUT2D eigenvalue weighted by molar-refractivity contribution is -0.118. The highest BCUT2D eigenvalue weighted by Gasteiger charge is 2.25.